The van der Waals surface area contributed by atoms with Crippen molar-refractivity contribution >= 4 is 17.5 Å². The molecule has 1 heterocycles. The lowest BCUT2D eigenvalue weighted by molar-refractivity contribution is 0.245. The number of rotatable bonds is 3. The summed E-state index contributed by atoms with van der Waals surface area (Å²) in [7, 11) is 0. The van der Waals surface area contributed by atoms with E-state index in [1.54, 1.807) is 37.3 Å². The molecule has 0 saturated heterocycles. The highest BCUT2D eigenvalue weighted by Gasteiger charge is 2.29. The van der Waals surface area contributed by atoms with E-state index in [2.05, 4.69) is 15.2 Å². The maximum Gasteiger partial charge on any atom is 0.427 e. The zero-order chi connectivity index (χ0) is 18.7. The molecule has 1 aromatic heterocycles. The molecule has 0 atom stereocenters. The van der Waals surface area contributed by atoms with Gasteiger partial charge in [-0.1, -0.05) is 35.5 Å². The molecule has 1 amide bonds. The lowest BCUT2D eigenvalue weighted by Gasteiger charge is -2.18. The Bertz CT molecular complexity index is 974. The Hall–Kier alpha value is -3.60. The Kier molecular flexibility index (Phi) is 4.71. The van der Waals surface area contributed by atoms with Gasteiger partial charge in [-0.05, 0) is 31.2 Å². The monoisotopic (exact) mass is 353 g/mol. The zero-order valence-electron chi connectivity index (χ0n) is 13.7. The highest BCUT2D eigenvalue weighted by molar-refractivity contribution is 5.96. The van der Waals surface area contributed by atoms with Crippen LogP contribution >= 0.6 is 0 Å². The molecule has 0 unspecified atom stereocenters. The summed E-state index contributed by atoms with van der Waals surface area (Å²) in [5.41, 5.74) is -0.196. The summed E-state index contributed by atoms with van der Waals surface area (Å²) in [6, 6.07) is 11.5. The predicted octanol–water partition coefficient (Wildman–Crippen LogP) is 4.27. The first-order valence-electron chi connectivity index (χ1n) is 7.73. The van der Waals surface area contributed by atoms with Crippen molar-refractivity contribution < 1.29 is 13.6 Å². The van der Waals surface area contributed by atoms with Gasteiger partial charge in [0, 0.05) is 17.4 Å². The molecule has 0 aliphatic heterocycles. The number of nitrogens with zero attached hydrogens (tertiary/aromatic N) is 5. The fourth-order valence-electron chi connectivity index (χ4n) is 2.54. The van der Waals surface area contributed by atoms with E-state index in [-0.39, 0.29) is 11.5 Å². The van der Waals surface area contributed by atoms with Crippen LogP contribution in [0.4, 0.5) is 25.1 Å². The van der Waals surface area contributed by atoms with Gasteiger partial charge in [0.15, 0.2) is 0 Å². The van der Waals surface area contributed by atoms with Crippen molar-refractivity contribution in [1.82, 2.24) is 15.0 Å². The van der Waals surface area contributed by atoms with Crippen molar-refractivity contribution in [3.8, 4) is 11.3 Å². The number of para-hydroxylation sites is 1. The standard InChI is InChI=1S/C18H13F2N5O/c1-3-24(12-8-5-4-6-9-12)18(26)25-17(21-2)16(22-23-25)15-13(19)10-7-11-14(15)20/h4-11H,3H2,1H3. The Morgan fingerprint density at radius 3 is 2.38 bits per heavy atom. The minimum Gasteiger partial charge on any atom is -0.360 e. The van der Waals surface area contributed by atoms with Crippen molar-refractivity contribution in [2.75, 3.05) is 11.4 Å². The number of carbonyl (C=O) groups is 1. The van der Waals surface area contributed by atoms with Crippen LogP contribution in [0, 0.1) is 18.2 Å². The molecule has 0 aliphatic rings. The number of amides is 1. The lowest BCUT2D eigenvalue weighted by Crippen LogP contribution is -2.35. The number of halogens is 2. The number of anilines is 1. The van der Waals surface area contributed by atoms with E-state index in [1.807, 2.05) is 0 Å². The molecule has 0 fully saturated rings. The number of hydrogen-bond donors (Lipinski definition) is 0. The second-order valence-electron chi connectivity index (χ2n) is 5.24. The molecule has 0 saturated carbocycles. The number of benzene rings is 2. The van der Waals surface area contributed by atoms with Crippen LogP contribution in [0.3, 0.4) is 0 Å². The van der Waals surface area contributed by atoms with Crippen LogP contribution in [0.1, 0.15) is 6.92 Å². The minimum absolute atomic E-state index is 0.309. The third-order valence-electron chi connectivity index (χ3n) is 3.75. The molecule has 0 bridgehead atoms. The number of aromatic nitrogens is 3. The molecule has 0 aliphatic carbocycles. The average Bonchev–Trinajstić information content (AvgIpc) is 3.06. The molecule has 0 spiro atoms. The topological polar surface area (TPSA) is 55.4 Å². The summed E-state index contributed by atoms with van der Waals surface area (Å²) in [4.78, 5) is 17.4. The maximum atomic E-state index is 14.0. The summed E-state index contributed by atoms with van der Waals surface area (Å²) in [6.07, 6.45) is 0. The van der Waals surface area contributed by atoms with Gasteiger partial charge in [-0.25, -0.2) is 13.6 Å². The molecule has 3 aromatic rings. The van der Waals surface area contributed by atoms with Gasteiger partial charge in [-0.3, -0.25) is 4.90 Å². The van der Waals surface area contributed by atoms with Crippen LogP contribution in [-0.4, -0.2) is 27.6 Å². The van der Waals surface area contributed by atoms with E-state index in [9.17, 15) is 13.6 Å². The van der Waals surface area contributed by atoms with Crippen LogP contribution in [0.5, 0.6) is 0 Å². The normalized spacial score (nSPS) is 10.4. The molecule has 0 radical (unpaired) electrons. The molecular formula is C18H13F2N5O. The van der Waals surface area contributed by atoms with Gasteiger partial charge in [-0.2, -0.15) is 0 Å². The van der Waals surface area contributed by atoms with Crippen molar-refractivity contribution in [2.24, 2.45) is 0 Å². The molecule has 26 heavy (non-hydrogen) atoms. The largest absolute Gasteiger partial charge is 0.427 e. The highest BCUT2D eigenvalue weighted by Crippen LogP contribution is 2.32. The van der Waals surface area contributed by atoms with Gasteiger partial charge in [-0.15, -0.1) is 5.10 Å². The van der Waals surface area contributed by atoms with Crippen molar-refractivity contribution in [2.45, 2.75) is 6.92 Å². The average molecular weight is 353 g/mol. The minimum atomic E-state index is -0.884. The second-order valence-corrected chi connectivity index (χ2v) is 5.24. The second kappa shape index (κ2) is 7.11. The zero-order valence-corrected chi connectivity index (χ0v) is 13.7. The van der Waals surface area contributed by atoms with E-state index in [0.29, 0.717) is 12.2 Å². The first-order chi connectivity index (χ1) is 12.6. The SMILES string of the molecule is [C-]#[N+]c1c(-c2c(F)cccc2F)nnn1C(=O)N(CC)c1ccccc1. The lowest BCUT2D eigenvalue weighted by atomic mass is 10.1. The van der Waals surface area contributed by atoms with Gasteiger partial charge >= 0.3 is 6.03 Å². The van der Waals surface area contributed by atoms with E-state index in [4.69, 9.17) is 6.57 Å². The van der Waals surface area contributed by atoms with Crippen molar-refractivity contribution in [1.29, 1.82) is 0 Å². The molecular weight excluding hydrogens is 340 g/mol. The van der Waals surface area contributed by atoms with Crippen LogP contribution in [0.25, 0.3) is 16.1 Å². The van der Waals surface area contributed by atoms with E-state index in [0.717, 1.165) is 16.8 Å². The van der Waals surface area contributed by atoms with Gasteiger partial charge in [0.2, 0.25) is 0 Å². The molecule has 8 heteroatoms. The summed E-state index contributed by atoms with van der Waals surface area (Å²) >= 11 is 0. The van der Waals surface area contributed by atoms with E-state index >= 15 is 0 Å². The molecule has 0 N–H and O–H groups in total. The highest BCUT2D eigenvalue weighted by atomic mass is 19.1. The number of hydrogen-bond acceptors (Lipinski definition) is 3. The van der Waals surface area contributed by atoms with E-state index < -0.39 is 23.2 Å². The van der Waals surface area contributed by atoms with Crippen LogP contribution in [-0.2, 0) is 0 Å². The summed E-state index contributed by atoms with van der Waals surface area (Å²) in [5.74, 6) is -2.12. The quantitative estimate of drug-likeness (QED) is 0.661. The summed E-state index contributed by atoms with van der Waals surface area (Å²) in [6.45, 7) is 9.41. The molecule has 6 nitrogen and oxygen atoms in total. The van der Waals surface area contributed by atoms with Crippen molar-refractivity contribution in [3.63, 3.8) is 0 Å². The van der Waals surface area contributed by atoms with Gasteiger partial charge in [0.05, 0.1) is 5.56 Å². The van der Waals surface area contributed by atoms with Crippen LogP contribution in [0.2, 0.25) is 0 Å². The van der Waals surface area contributed by atoms with Crippen LogP contribution < -0.4 is 4.90 Å². The van der Waals surface area contributed by atoms with Gasteiger partial charge < -0.3 is 4.85 Å². The third-order valence-corrected chi connectivity index (χ3v) is 3.75. The number of carbonyl (C=O) groups excluding carboxylic acids is 1. The molecule has 2 aromatic carbocycles. The molecule has 130 valence electrons. The summed E-state index contributed by atoms with van der Waals surface area (Å²) in [5, 5.41) is 7.35. The smallest absolute Gasteiger partial charge is 0.360 e. The maximum absolute atomic E-state index is 14.0. The van der Waals surface area contributed by atoms with E-state index in [1.165, 1.54) is 11.0 Å². The Morgan fingerprint density at radius 2 is 1.81 bits per heavy atom. The fraction of sp³-hybridized carbons (Fsp3) is 0.111. The fourth-order valence-corrected chi connectivity index (χ4v) is 2.54. The predicted molar refractivity (Wildman–Crippen MR) is 91.9 cm³/mol. The van der Waals surface area contributed by atoms with Crippen molar-refractivity contribution in [3.05, 3.63) is 71.6 Å². The Morgan fingerprint density at radius 1 is 1.15 bits per heavy atom. The summed E-state index contributed by atoms with van der Waals surface area (Å²) < 4.78 is 28.8. The third kappa shape index (κ3) is 2.91. The van der Waals surface area contributed by atoms with Gasteiger partial charge in [0.1, 0.15) is 17.3 Å². The molecule has 3 rings (SSSR count). The Balaban J connectivity index is 2.09. The van der Waals surface area contributed by atoms with Crippen LogP contribution in [0.15, 0.2) is 48.5 Å². The van der Waals surface area contributed by atoms with Gasteiger partial charge in [0.25, 0.3) is 5.82 Å². The first-order valence-corrected chi connectivity index (χ1v) is 7.73. The Labute approximate surface area is 148 Å². The first kappa shape index (κ1) is 17.2.